The van der Waals surface area contributed by atoms with Crippen LogP contribution in [0.2, 0.25) is 0 Å². The molecule has 0 N–H and O–H groups in total. The molecule has 1 rings (SSSR count). The summed E-state index contributed by atoms with van der Waals surface area (Å²) >= 11 is 0. The van der Waals surface area contributed by atoms with Crippen LogP contribution < -0.4 is 0 Å². The minimum atomic E-state index is -0.463. The van der Waals surface area contributed by atoms with E-state index in [-0.39, 0.29) is 6.10 Å². The van der Waals surface area contributed by atoms with E-state index in [1.165, 1.54) is 0 Å². The molecular formula is C10H18NO3. The topological polar surface area (TPSA) is 49.4 Å². The zero-order chi connectivity index (χ0) is 11.0. The van der Waals surface area contributed by atoms with E-state index in [4.69, 9.17) is 4.74 Å². The van der Waals surface area contributed by atoms with E-state index in [2.05, 4.69) is 0 Å². The molecule has 1 radical (unpaired) electrons. The third kappa shape index (κ3) is 2.07. The summed E-state index contributed by atoms with van der Waals surface area (Å²) in [6.07, 6.45) is 1.06. The monoisotopic (exact) mass is 200 g/mol. The minimum Gasteiger partial charge on any atom is -0.464 e. The van der Waals surface area contributed by atoms with Crippen LogP contribution in [0.4, 0.5) is 0 Å². The SMILES string of the molecule is CC1(C)CC(OC=O)CC(C)(C)N1[O]. The lowest BCUT2D eigenvalue weighted by atomic mass is 9.80. The Morgan fingerprint density at radius 1 is 1.21 bits per heavy atom. The molecule has 81 valence electrons. The highest BCUT2D eigenvalue weighted by atomic mass is 16.5. The van der Waals surface area contributed by atoms with Crippen LogP contribution in [-0.4, -0.2) is 28.7 Å². The summed E-state index contributed by atoms with van der Waals surface area (Å²) in [5, 5.41) is 13.0. The van der Waals surface area contributed by atoms with Crippen LogP contribution in [0.15, 0.2) is 0 Å². The molecule has 0 aromatic heterocycles. The standard InChI is InChI=1S/C10H18NO3/c1-9(2)5-8(14-7-12)6-10(3,4)11(9)13/h7-8H,5-6H2,1-4H3. The summed E-state index contributed by atoms with van der Waals surface area (Å²) in [6, 6.07) is 0. The highest BCUT2D eigenvalue weighted by molar-refractivity contribution is 5.37. The van der Waals surface area contributed by atoms with Gasteiger partial charge < -0.3 is 4.74 Å². The van der Waals surface area contributed by atoms with Crippen molar-refractivity contribution < 1.29 is 14.7 Å². The number of piperidine rings is 1. The number of hydrogen-bond acceptors (Lipinski definition) is 3. The minimum absolute atomic E-state index is 0.136. The summed E-state index contributed by atoms with van der Waals surface area (Å²) in [6.45, 7) is 7.98. The summed E-state index contributed by atoms with van der Waals surface area (Å²) in [7, 11) is 0. The Hall–Kier alpha value is -0.610. The van der Waals surface area contributed by atoms with Crippen LogP contribution in [-0.2, 0) is 14.7 Å². The molecule has 4 nitrogen and oxygen atoms in total. The maximum atomic E-state index is 11.9. The van der Waals surface area contributed by atoms with E-state index >= 15 is 0 Å². The van der Waals surface area contributed by atoms with Gasteiger partial charge in [-0.1, -0.05) is 0 Å². The Morgan fingerprint density at radius 3 is 2.00 bits per heavy atom. The lowest BCUT2D eigenvalue weighted by Crippen LogP contribution is -2.59. The number of carbonyl (C=O) groups is 1. The molecule has 0 aromatic rings. The summed E-state index contributed by atoms with van der Waals surface area (Å²) in [5.74, 6) is 0. The third-order valence-electron chi connectivity index (χ3n) is 2.80. The third-order valence-corrected chi connectivity index (χ3v) is 2.80. The molecule has 0 aliphatic carbocycles. The van der Waals surface area contributed by atoms with Crippen LogP contribution in [0.5, 0.6) is 0 Å². The molecule has 0 aromatic carbocycles. The van der Waals surface area contributed by atoms with E-state index in [0.29, 0.717) is 19.3 Å². The maximum absolute atomic E-state index is 11.9. The van der Waals surface area contributed by atoms with Crippen molar-refractivity contribution in [3.8, 4) is 0 Å². The molecule has 0 saturated carbocycles. The van der Waals surface area contributed by atoms with Gasteiger partial charge in [-0.2, -0.15) is 0 Å². The predicted octanol–water partition coefficient (Wildman–Crippen LogP) is 1.53. The average molecular weight is 200 g/mol. The highest BCUT2D eigenvalue weighted by Crippen LogP contribution is 2.37. The summed E-state index contributed by atoms with van der Waals surface area (Å²) in [4.78, 5) is 10.3. The number of nitrogens with zero attached hydrogens (tertiary/aromatic N) is 1. The van der Waals surface area contributed by atoms with Crippen molar-refractivity contribution in [2.24, 2.45) is 0 Å². The van der Waals surface area contributed by atoms with Gasteiger partial charge in [0.1, 0.15) is 6.10 Å². The molecule has 0 amide bonds. The molecule has 0 unspecified atom stereocenters. The largest absolute Gasteiger partial charge is 0.464 e. The molecule has 0 spiro atoms. The molecule has 1 aliphatic heterocycles. The van der Waals surface area contributed by atoms with Gasteiger partial charge in [0.25, 0.3) is 6.47 Å². The first-order valence-corrected chi connectivity index (χ1v) is 4.86. The Balaban J connectivity index is 2.80. The number of hydroxylamine groups is 2. The van der Waals surface area contributed by atoms with Crippen LogP contribution in [0.3, 0.4) is 0 Å². The van der Waals surface area contributed by atoms with E-state index in [9.17, 15) is 10.0 Å². The number of hydrogen-bond donors (Lipinski definition) is 0. The first kappa shape index (κ1) is 11.5. The predicted molar refractivity (Wildman–Crippen MR) is 50.9 cm³/mol. The molecule has 14 heavy (non-hydrogen) atoms. The lowest BCUT2D eigenvalue weighted by molar-refractivity contribution is -0.298. The Labute approximate surface area is 84.8 Å². The normalized spacial score (nSPS) is 27.2. The fourth-order valence-electron chi connectivity index (χ4n) is 2.35. The molecule has 0 atom stereocenters. The maximum Gasteiger partial charge on any atom is 0.293 e. The van der Waals surface area contributed by atoms with Crippen molar-refractivity contribution in [1.82, 2.24) is 5.06 Å². The van der Waals surface area contributed by atoms with Gasteiger partial charge in [-0.05, 0) is 27.7 Å². The average Bonchev–Trinajstić information content (AvgIpc) is 1.99. The molecule has 1 aliphatic rings. The first-order valence-electron chi connectivity index (χ1n) is 4.86. The van der Waals surface area contributed by atoms with Crippen molar-refractivity contribution in [3.05, 3.63) is 0 Å². The van der Waals surface area contributed by atoms with Gasteiger partial charge in [-0.3, -0.25) is 4.79 Å². The van der Waals surface area contributed by atoms with Crippen molar-refractivity contribution >= 4 is 6.47 Å². The van der Waals surface area contributed by atoms with Crippen LogP contribution >= 0.6 is 0 Å². The van der Waals surface area contributed by atoms with Gasteiger partial charge in [0, 0.05) is 23.9 Å². The second-order valence-electron chi connectivity index (χ2n) is 5.18. The fraction of sp³-hybridized carbons (Fsp3) is 0.900. The van der Waals surface area contributed by atoms with E-state index < -0.39 is 11.1 Å². The second-order valence-corrected chi connectivity index (χ2v) is 5.18. The van der Waals surface area contributed by atoms with E-state index in [1.54, 1.807) is 0 Å². The van der Waals surface area contributed by atoms with Gasteiger partial charge in [-0.25, -0.2) is 0 Å². The van der Waals surface area contributed by atoms with Gasteiger partial charge in [0.15, 0.2) is 0 Å². The lowest BCUT2D eigenvalue weighted by Gasteiger charge is -2.49. The number of ether oxygens (including phenoxy) is 1. The van der Waals surface area contributed by atoms with Crippen LogP contribution in [0.1, 0.15) is 40.5 Å². The van der Waals surface area contributed by atoms with Gasteiger partial charge >= 0.3 is 0 Å². The Kier molecular flexibility index (Phi) is 2.88. The van der Waals surface area contributed by atoms with Crippen molar-refractivity contribution in [3.63, 3.8) is 0 Å². The van der Waals surface area contributed by atoms with Crippen LogP contribution in [0, 0.1) is 0 Å². The quantitative estimate of drug-likeness (QED) is 0.635. The summed E-state index contributed by atoms with van der Waals surface area (Å²) < 4.78 is 4.96. The molecular weight excluding hydrogens is 182 g/mol. The van der Waals surface area contributed by atoms with Crippen molar-refractivity contribution in [1.29, 1.82) is 0 Å². The van der Waals surface area contributed by atoms with Crippen molar-refractivity contribution in [2.45, 2.75) is 57.7 Å². The number of rotatable bonds is 2. The van der Waals surface area contributed by atoms with Gasteiger partial charge in [-0.15, -0.1) is 10.3 Å². The zero-order valence-corrected chi connectivity index (χ0v) is 9.24. The van der Waals surface area contributed by atoms with Gasteiger partial charge in [0.05, 0.1) is 0 Å². The molecule has 1 fully saturated rings. The molecule has 0 bridgehead atoms. The first-order chi connectivity index (χ1) is 6.29. The van der Waals surface area contributed by atoms with Gasteiger partial charge in [0.2, 0.25) is 0 Å². The molecule has 1 heterocycles. The van der Waals surface area contributed by atoms with E-state index in [1.807, 2.05) is 27.7 Å². The van der Waals surface area contributed by atoms with Crippen LogP contribution in [0.25, 0.3) is 0 Å². The second kappa shape index (κ2) is 3.51. The highest BCUT2D eigenvalue weighted by Gasteiger charge is 2.46. The number of carbonyl (C=O) groups excluding carboxylic acids is 1. The Morgan fingerprint density at radius 2 is 1.64 bits per heavy atom. The zero-order valence-electron chi connectivity index (χ0n) is 9.24. The smallest absolute Gasteiger partial charge is 0.293 e. The van der Waals surface area contributed by atoms with Crippen molar-refractivity contribution in [2.75, 3.05) is 0 Å². The fourth-order valence-corrected chi connectivity index (χ4v) is 2.35. The molecule has 4 heteroatoms. The Bertz CT molecular complexity index is 207. The molecule has 1 saturated heterocycles. The van der Waals surface area contributed by atoms with E-state index in [0.717, 1.165) is 5.06 Å². The summed E-state index contributed by atoms with van der Waals surface area (Å²) in [5.41, 5.74) is -0.926.